The van der Waals surface area contributed by atoms with Gasteiger partial charge in [-0.3, -0.25) is 9.59 Å². The lowest BCUT2D eigenvalue weighted by molar-refractivity contribution is -0.114. The molecular weight excluding hydrogens is 393 g/mol. The molecule has 1 aliphatic heterocycles. The number of nitrogens with one attached hydrogen (secondary N) is 2. The highest BCUT2D eigenvalue weighted by Crippen LogP contribution is 2.28. The molecule has 2 aromatic carbocycles. The first-order chi connectivity index (χ1) is 13.8. The maximum atomic E-state index is 13.3. The first-order valence-electron chi connectivity index (χ1n) is 9.76. The summed E-state index contributed by atoms with van der Waals surface area (Å²) in [5.41, 5.74) is 1.36. The normalized spacial score (nSPS) is 19.0. The van der Waals surface area contributed by atoms with Gasteiger partial charge >= 0.3 is 0 Å². The zero-order chi connectivity index (χ0) is 21.0. The Morgan fingerprint density at radius 2 is 1.86 bits per heavy atom. The van der Waals surface area contributed by atoms with Crippen molar-refractivity contribution >= 4 is 34.8 Å². The lowest BCUT2D eigenvalue weighted by Gasteiger charge is -2.39. The second kappa shape index (κ2) is 9.27. The summed E-state index contributed by atoms with van der Waals surface area (Å²) in [4.78, 5) is 27.4. The Kier molecular flexibility index (Phi) is 6.75. The molecule has 154 valence electrons. The van der Waals surface area contributed by atoms with Crippen molar-refractivity contribution in [2.24, 2.45) is 0 Å². The summed E-state index contributed by atoms with van der Waals surface area (Å²) in [6, 6.07) is 11.0. The van der Waals surface area contributed by atoms with Crippen LogP contribution in [0.1, 0.15) is 43.5 Å². The number of carbonyl (C=O) groups is 2. The minimum atomic E-state index is -0.425. The second-order valence-corrected chi connectivity index (χ2v) is 7.88. The zero-order valence-corrected chi connectivity index (χ0v) is 17.3. The third-order valence-electron chi connectivity index (χ3n) is 5.19. The van der Waals surface area contributed by atoms with Crippen LogP contribution in [-0.2, 0) is 4.79 Å². The van der Waals surface area contributed by atoms with Crippen LogP contribution in [0.15, 0.2) is 42.5 Å². The largest absolute Gasteiger partial charge is 0.375 e. The number of nitrogens with zero attached hydrogens (tertiary/aromatic N) is 1. The molecule has 2 unspecified atom stereocenters. The number of hydrogen-bond acceptors (Lipinski definition) is 3. The van der Waals surface area contributed by atoms with E-state index in [1.807, 2.05) is 4.90 Å². The molecule has 7 heteroatoms. The predicted molar refractivity (Wildman–Crippen MR) is 114 cm³/mol. The molecule has 1 fully saturated rings. The van der Waals surface area contributed by atoms with E-state index in [1.165, 1.54) is 18.2 Å². The van der Waals surface area contributed by atoms with Crippen molar-refractivity contribution in [1.82, 2.24) is 4.90 Å². The molecule has 2 aromatic rings. The molecule has 3 rings (SSSR count). The molecule has 2 amide bonds. The highest BCUT2D eigenvalue weighted by molar-refractivity contribution is 6.31. The van der Waals surface area contributed by atoms with Crippen LogP contribution in [0.25, 0.3) is 0 Å². The highest BCUT2D eigenvalue weighted by atomic mass is 35.5. The number of likely N-dealkylation sites (tertiary alicyclic amines) is 1. The van der Waals surface area contributed by atoms with Gasteiger partial charge in [-0.05, 0) is 69.5 Å². The third-order valence-corrected chi connectivity index (χ3v) is 5.42. The van der Waals surface area contributed by atoms with Crippen molar-refractivity contribution in [3.05, 3.63) is 58.9 Å². The van der Waals surface area contributed by atoms with Crippen LogP contribution >= 0.6 is 11.6 Å². The van der Waals surface area contributed by atoms with Crippen molar-refractivity contribution < 1.29 is 14.0 Å². The SMILES string of the molecule is CC1CCCC(C)N1C(=O)c1cc(Cl)ccc1NCC(=O)Nc1cccc(F)c1. The van der Waals surface area contributed by atoms with Gasteiger partial charge in [-0.15, -0.1) is 0 Å². The summed E-state index contributed by atoms with van der Waals surface area (Å²) < 4.78 is 13.3. The first kappa shape index (κ1) is 21.1. The van der Waals surface area contributed by atoms with Gasteiger partial charge in [0.25, 0.3) is 5.91 Å². The standard InChI is InChI=1S/C22H25ClFN3O2/c1-14-5-3-6-15(2)27(14)22(29)19-11-16(23)9-10-20(19)25-13-21(28)26-18-8-4-7-17(24)12-18/h4,7-12,14-15,25H,3,5-6,13H2,1-2H3,(H,26,28). The Bertz CT molecular complexity index is 895. The molecular formula is C22H25ClFN3O2. The van der Waals surface area contributed by atoms with Gasteiger partial charge in [-0.25, -0.2) is 4.39 Å². The van der Waals surface area contributed by atoms with E-state index in [-0.39, 0.29) is 30.4 Å². The maximum absolute atomic E-state index is 13.3. The number of rotatable bonds is 5. The predicted octanol–water partition coefficient (Wildman–Crippen LogP) is 4.93. The summed E-state index contributed by atoms with van der Waals surface area (Å²) in [7, 11) is 0. The van der Waals surface area contributed by atoms with Crippen LogP contribution in [0.2, 0.25) is 5.02 Å². The number of amides is 2. The fourth-order valence-corrected chi connectivity index (χ4v) is 3.93. The lowest BCUT2D eigenvalue weighted by Crippen LogP contribution is -2.47. The van der Waals surface area contributed by atoms with Gasteiger partial charge in [0, 0.05) is 28.5 Å². The van der Waals surface area contributed by atoms with Crippen molar-refractivity contribution in [1.29, 1.82) is 0 Å². The van der Waals surface area contributed by atoms with E-state index in [2.05, 4.69) is 24.5 Å². The Morgan fingerprint density at radius 1 is 1.14 bits per heavy atom. The summed E-state index contributed by atoms with van der Waals surface area (Å²) in [5, 5.41) is 6.10. The molecule has 29 heavy (non-hydrogen) atoms. The van der Waals surface area contributed by atoms with Crippen LogP contribution in [0.3, 0.4) is 0 Å². The topological polar surface area (TPSA) is 61.4 Å². The average molecular weight is 418 g/mol. The molecule has 0 radical (unpaired) electrons. The van der Waals surface area contributed by atoms with E-state index in [1.54, 1.807) is 24.3 Å². The Balaban J connectivity index is 1.73. The van der Waals surface area contributed by atoms with E-state index in [0.29, 0.717) is 22.0 Å². The first-order valence-corrected chi connectivity index (χ1v) is 10.1. The van der Waals surface area contributed by atoms with Crippen LogP contribution in [-0.4, -0.2) is 35.3 Å². The van der Waals surface area contributed by atoms with Gasteiger partial charge < -0.3 is 15.5 Å². The number of hydrogen-bond donors (Lipinski definition) is 2. The monoisotopic (exact) mass is 417 g/mol. The Morgan fingerprint density at radius 3 is 2.55 bits per heavy atom. The molecule has 0 bridgehead atoms. The number of halogens is 2. The number of piperidine rings is 1. The van der Waals surface area contributed by atoms with Gasteiger partial charge in [0.2, 0.25) is 5.91 Å². The van der Waals surface area contributed by atoms with Crippen molar-refractivity contribution in [3.63, 3.8) is 0 Å². The second-order valence-electron chi connectivity index (χ2n) is 7.44. The number of carbonyl (C=O) groups excluding carboxylic acids is 2. The Hall–Kier alpha value is -2.60. The number of anilines is 2. The van der Waals surface area contributed by atoms with E-state index in [9.17, 15) is 14.0 Å². The summed E-state index contributed by atoms with van der Waals surface area (Å²) >= 11 is 6.14. The van der Waals surface area contributed by atoms with E-state index in [0.717, 1.165) is 19.3 Å². The fourth-order valence-electron chi connectivity index (χ4n) is 3.76. The summed E-state index contributed by atoms with van der Waals surface area (Å²) in [5.74, 6) is -0.866. The van der Waals surface area contributed by atoms with Crippen molar-refractivity contribution in [2.45, 2.75) is 45.2 Å². The summed E-state index contributed by atoms with van der Waals surface area (Å²) in [6.45, 7) is 4.04. The Labute approximate surface area is 175 Å². The van der Waals surface area contributed by atoms with Gasteiger partial charge in [-0.1, -0.05) is 17.7 Å². The third kappa shape index (κ3) is 5.26. The quantitative estimate of drug-likeness (QED) is 0.724. The molecule has 0 saturated carbocycles. The van der Waals surface area contributed by atoms with Crippen LogP contribution in [0.4, 0.5) is 15.8 Å². The van der Waals surface area contributed by atoms with Gasteiger partial charge in [0.05, 0.1) is 12.1 Å². The molecule has 1 aliphatic rings. The average Bonchev–Trinajstić information content (AvgIpc) is 2.66. The summed E-state index contributed by atoms with van der Waals surface area (Å²) in [6.07, 6.45) is 3.04. The lowest BCUT2D eigenvalue weighted by atomic mass is 9.96. The molecule has 1 heterocycles. The van der Waals surface area contributed by atoms with Gasteiger partial charge in [0.1, 0.15) is 5.82 Å². The van der Waals surface area contributed by atoms with Crippen LogP contribution < -0.4 is 10.6 Å². The van der Waals surface area contributed by atoms with E-state index >= 15 is 0 Å². The molecule has 1 saturated heterocycles. The molecule has 2 N–H and O–H groups in total. The van der Waals surface area contributed by atoms with Crippen molar-refractivity contribution in [2.75, 3.05) is 17.2 Å². The highest BCUT2D eigenvalue weighted by Gasteiger charge is 2.31. The number of benzene rings is 2. The van der Waals surface area contributed by atoms with E-state index < -0.39 is 5.82 Å². The molecule has 5 nitrogen and oxygen atoms in total. The van der Waals surface area contributed by atoms with Crippen LogP contribution in [0.5, 0.6) is 0 Å². The molecule has 0 spiro atoms. The minimum Gasteiger partial charge on any atom is -0.375 e. The van der Waals surface area contributed by atoms with Gasteiger partial charge in [-0.2, -0.15) is 0 Å². The van der Waals surface area contributed by atoms with Crippen LogP contribution in [0, 0.1) is 5.82 Å². The molecule has 0 aliphatic carbocycles. The zero-order valence-electron chi connectivity index (χ0n) is 16.5. The molecule has 2 atom stereocenters. The minimum absolute atomic E-state index is 0.0659. The van der Waals surface area contributed by atoms with Gasteiger partial charge in [0.15, 0.2) is 0 Å². The molecule has 0 aromatic heterocycles. The van der Waals surface area contributed by atoms with E-state index in [4.69, 9.17) is 11.6 Å². The smallest absolute Gasteiger partial charge is 0.256 e. The fraction of sp³-hybridized carbons (Fsp3) is 0.364. The van der Waals surface area contributed by atoms with Crippen molar-refractivity contribution in [3.8, 4) is 0 Å². The maximum Gasteiger partial charge on any atom is 0.256 e.